The Kier molecular flexibility index (Phi) is 4.99. The molecule has 0 atom stereocenters. The SMILES string of the molecule is Cc1ccnc(NC(=O)NCOc2c(C)ccc(C)c2C)c1. The van der Waals surface area contributed by atoms with E-state index in [9.17, 15) is 4.79 Å². The molecule has 2 amide bonds. The Labute approximate surface area is 130 Å². The van der Waals surface area contributed by atoms with Gasteiger partial charge >= 0.3 is 6.03 Å². The maximum Gasteiger partial charge on any atom is 0.323 e. The molecule has 0 fully saturated rings. The first-order valence-electron chi connectivity index (χ1n) is 7.14. The predicted molar refractivity (Wildman–Crippen MR) is 87.3 cm³/mol. The lowest BCUT2D eigenvalue weighted by atomic mass is 10.1. The summed E-state index contributed by atoms with van der Waals surface area (Å²) in [5, 5.41) is 5.33. The molecule has 1 aromatic heterocycles. The summed E-state index contributed by atoms with van der Waals surface area (Å²) in [6, 6.07) is 7.39. The van der Waals surface area contributed by atoms with Crippen molar-refractivity contribution >= 4 is 11.8 Å². The van der Waals surface area contributed by atoms with Crippen LogP contribution in [0.3, 0.4) is 0 Å². The summed E-state index contributed by atoms with van der Waals surface area (Å²) in [4.78, 5) is 15.9. The molecule has 0 saturated carbocycles. The van der Waals surface area contributed by atoms with E-state index in [0.29, 0.717) is 5.82 Å². The molecule has 1 aromatic carbocycles. The molecule has 2 N–H and O–H groups in total. The molecular weight excluding hydrogens is 278 g/mol. The number of nitrogens with zero attached hydrogens (tertiary/aromatic N) is 1. The third-order valence-electron chi connectivity index (χ3n) is 3.48. The average Bonchev–Trinajstić information content (AvgIpc) is 2.47. The molecule has 22 heavy (non-hydrogen) atoms. The number of ether oxygens (including phenoxy) is 1. The van der Waals surface area contributed by atoms with Gasteiger partial charge < -0.3 is 10.1 Å². The lowest BCUT2D eigenvalue weighted by Crippen LogP contribution is -2.32. The van der Waals surface area contributed by atoms with Crippen molar-refractivity contribution in [2.75, 3.05) is 12.0 Å². The Morgan fingerprint density at radius 3 is 2.59 bits per heavy atom. The van der Waals surface area contributed by atoms with Gasteiger partial charge in [0.2, 0.25) is 0 Å². The van der Waals surface area contributed by atoms with Crippen molar-refractivity contribution in [1.82, 2.24) is 10.3 Å². The summed E-state index contributed by atoms with van der Waals surface area (Å²) in [5.41, 5.74) is 4.33. The highest BCUT2D eigenvalue weighted by Crippen LogP contribution is 2.25. The fourth-order valence-corrected chi connectivity index (χ4v) is 2.09. The number of hydrogen-bond acceptors (Lipinski definition) is 3. The number of carbonyl (C=O) groups excluding carboxylic acids is 1. The monoisotopic (exact) mass is 299 g/mol. The van der Waals surface area contributed by atoms with Crippen molar-refractivity contribution < 1.29 is 9.53 Å². The number of anilines is 1. The Morgan fingerprint density at radius 1 is 1.14 bits per heavy atom. The van der Waals surface area contributed by atoms with E-state index >= 15 is 0 Å². The summed E-state index contributed by atoms with van der Waals surface area (Å²) in [5.74, 6) is 1.33. The summed E-state index contributed by atoms with van der Waals surface area (Å²) in [6.07, 6.45) is 1.65. The first-order valence-corrected chi connectivity index (χ1v) is 7.14. The van der Waals surface area contributed by atoms with Gasteiger partial charge in [-0.25, -0.2) is 9.78 Å². The van der Waals surface area contributed by atoms with E-state index in [1.54, 1.807) is 12.3 Å². The Morgan fingerprint density at radius 2 is 1.86 bits per heavy atom. The lowest BCUT2D eigenvalue weighted by molar-refractivity contribution is 0.234. The Balaban J connectivity index is 1.89. The third-order valence-corrected chi connectivity index (χ3v) is 3.48. The number of aromatic nitrogens is 1. The molecular formula is C17H21N3O2. The van der Waals surface area contributed by atoms with Crippen molar-refractivity contribution in [3.05, 3.63) is 52.7 Å². The minimum Gasteiger partial charge on any atom is -0.473 e. The first-order chi connectivity index (χ1) is 10.5. The van der Waals surface area contributed by atoms with E-state index in [4.69, 9.17) is 4.74 Å². The molecule has 5 heteroatoms. The van der Waals surface area contributed by atoms with Crippen LogP contribution < -0.4 is 15.4 Å². The molecule has 0 aliphatic rings. The molecule has 5 nitrogen and oxygen atoms in total. The quantitative estimate of drug-likeness (QED) is 0.850. The molecule has 1 heterocycles. The molecule has 0 bridgehead atoms. The van der Waals surface area contributed by atoms with Gasteiger partial charge in [-0.15, -0.1) is 0 Å². The predicted octanol–water partition coefficient (Wildman–Crippen LogP) is 3.47. The molecule has 0 aliphatic heterocycles. The van der Waals surface area contributed by atoms with E-state index in [2.05, 4.69) is 21.7 Å². The maximum atomic E-state index is 11.8. The normalized spacial score (nSPS) is 10.2. The van der Waals surface area contributed by atoms with Crippen LogP contribution in [0.25, 0.3) is 0 Å². The van der Waals surface area contributed by atoms with Crippen molar-refractivity contribution in [2.45, 2.75) is 27.7 Å². The van der Waals surface area contributed by atoms with E-state index < -0.39 is 0 Å². The summed E-state index contributed by atoms with van der Waals surface area (Å²) in [7, 11) is 0. The number of hydrogen-bond donors (Lipinski definition) is 2. The highest BCUT2D eigenvalue weighted by atomic mass is 16.5. The van der Waals surface area contributed by atoms with Gasteiger partial charge in [0, 0.05) is 6.20 Å². The van der Waals surface area contributed by atoms with Crippen LogP contribution >= 0.6 is 0 Å². The second-order valence-corrected chi connectivity index (χ2v) is 5.29. The second-order valence-electron chi connectivity index (χ2n) is 5.29. The van der Waals surface area contributed by atoms with Crippen molar-refractivity contribution in [1.29, 1.82) is 0 Å². The van der Waals surface area contributed by atoms with Gasteiger partial charge in [0.25, 0.3) is 0 Å². The highest BCUT2D eigenvalue weighted by molar-refractivity contribution is 5.88. The first kappa shape index (κ1) is 15.8. The van der Waals surface area contributed by atoms with Gasteiger partial charge in [0.05, 0.1) is 0 Å². The number of amides is 2. The van der Waals surface area contributed by atoms with Gasteiger partial charge in [-0.2, -0.15) is 0 Å². The topological polar surface area (TPSA) is 63.2 Å². The molecule has 0 saturated heterocycles. The van der Waals surface area contributed by atoms with Gasteiger partial charge in [-0.3, -0.25) is 5.32 Å². The van der Waals surface area contributed by atoms with E-state index in [1.165, 1.54) is 0 Å². The van der Waals surface area contributed by atoms with Crippen LogP contribution in [0.4, 0.5) is 10.6 Å². The van der Waals surface area contributed by atoms with Crippen LogP contribution in [0, 0.1) is 27.7 Å². The summed E-state index contributed by atoms with van der Waals surface area (Å²) < 4.78 is 5.69. The standard InChI is InChI=1S/C17H21N3O2/c1-11-7-8-18-15(9-11)20-17(21)19-10-22-16-13(3)6-5-12(2)14(16)4/h5-9H,10H2,1-4H3,(H2,18,19,20,21). The minimum atomic E-state index is -0.346. The van der Waals surface area contributed by atoms with Crippen molar-refractivity contribution in [3.8, 4) is 5.75 Å². The number of nitrogens with one attached hydrogen (secondary N) is 2. The number of pyridine rings is 1. The van der Waals surface area contributed by atoms with E-state index in [0.717, 1.165) is 28.0 Å². The molecule has 0 spiro atoms. The van der Waals surface area contributed by atoms with Crippen LogP contribution in [0.15, 0.2) is 30.5 Å². The summed E-state index contributed by atoms with van der Waals surface area (Å²) in [6.45, 7) is 8.07. The van der Waals surface area contributed by atoms with Gasteiger partial charge in [0.15, 0.2) is 6.73 Å². The molecule has 0 radical (unpaired) electrons. The summed E-state index contributed by atoms with van der Waals surface area (Å²) >= 11 is 0. The molecule has 0 aliphatic carbocycles. The van der Waals surface area contributed by atoms with Crippen LogP contribution in [0.5, 0.6) is 5.75 Å². The largest absolute Gasteiger partial charge is 0.473 e. The Bertz CT molecular complexity index is 684. The third kappa shape index (κ3) is 3.97. The fraction of sp³-hybridized carbons (Fsp3) is 0.294. The van der Waals surface area contributed by atoms with Gasteiger partial charge in [-0.1, -0.05) is 12.1 Å². The van der Waals surface area contributed by atoms with Gasteiger partial charge in [0.1, 0.15) is 11.6 Å². The molecule has 2 aromatic rings. The van der Waals surface area contributed by atoms with E-state index in [-0.39, 0.29) is 12.8 Å². The molecule has 116 valence electrons. The number of urea groups is 1. The lowest BCUT2D eigenvalue weighted by Gasteiger charge is -2.14. The number of carbonyl (C=O) groups is 1. The van der Waals surface area contributed by atoms with Crippen LogP contribution in [-0.4, -0.2) is 17.7 Å². The average molecular weight is 299 g/mol. The zero-order valence-corrected chi connectivity index (χ0v) is 13.4. The van der Waals surface area contributed by atoms with Crippen LogP contribution in [0.1, 0.15) is 22.3 Å². The van der Waals surface area contributed by atoms with Crippen molar-refractivity contribution in [3.63, 3.8) is 0 Å². The number of aryl methyl sites for hydroxylation is 3. The minimum absolute atomic E-state index is 0.1000. The van der Waals surface area contributed by atoms with E-state index in [1.807, 2.05) is 39.8 Å². The Hall–Kier alpha value is -2.56. The zero-order chi connectivity index (χ0) is 16.1. The zero-order valence-electron chi connectivity index (χ0n) is 13.4. The smallest absolute Gasteiger partial charge is 0.323 e. The van der Waals surface area contributed by atoms with Crippen LogP contribution in [0.2, 0.25) is 0 Å². The number of rotatable bonds is 4. The number of benzene rings is 1. The molecule has 2 rings (SSSR count). The fourth-order valence-electron chi connectivity index (χ4n) is 2.09. The van der Waals surface area contributed by atoms with Crippen molar-refractivity contribution in [2.24, 2.45) is 0 Å². The maximum absolute atomic E-state index is 11.8. The van der Waals surface area contributed by atoms with Gasteiger partial charge in [-0.05, 0) is 62.1 Å². The molecule has 0 unspecified atom stereocenters. The highest BCUT2D eigenvalue weighted by Gasteiger charge is 2.07. The second kappa shape index (κ2) is 6.93. The van der Waals surface area contributed by atoms with Crippen LogP contribution in [-0.2, 0) is 0 Å².